The molecule has 1 amide bonds. The molecule has 1 N–H and O–H groups in total. The Morgan fingerprint density at radius 1 is 1.12 bits per heavy atom. The highest BCUT2D eigenvalue weighted by Gasteiger charge is 2.32. The SMILES string of the molecule is O=C1CC(c2nc(-c3ccc(F)c4cn[nH]c34)no2)CCCN1c1ccc(C(F)(F)F)cc1. The van der Waals surface area contributed by atoms with Crippen molar-refractivity contribution in [1.82, 2.24) is 20.3 Å². The van der Waals surface area contributed by atoms with Crippen molar-refractivity contribution in [2.24, 2.45) is 0 Å². The molecule has 170 valence electrons. The Bertz CT molecular complexity index is 1310. The first-order valence-electron chi connectivity index (χ1n) is 10.2. The Balaban J connectivity index is 1.36. The van der Waals surface area contributed by atoms with Crippen LogP contribution in [0.4, 0.5) is 23.2 Å². The fourth-order valence-electron chi connectivity index (χ4n) is 4.06. The summed E-state index contributed by atoms with van der Waals surface area (Å²) >= 11 is 0. The van der Waals surface area contributed by atoms with Crippen LogP contribution >= 0.6 is 0 Å². The molecule has 0 bridgehead atoms. The lowest BCUT2D eigenvalue weighted by atomic mass is 10.0. The number of anilines is 1. The second-order valence-corrected chi connectivity index (χ2v) is 7.84. The summed E-state index contributed by atoms with van der Waals surface area (Å²) in [5, 5.41) is 10.9. The minimum atomic E-state index is -4.44. The predicted molar refractivity (Wildman–Crippen MR) is 110 cm³/mol. The molecule has 1 aliphatic heterocycles. The van der Waals surface area contributed by atoms with Gasteiger partial charge in [0.15, 0.2) is 0 Å². The molecule has 1 saturated heterocycles. The number of hydrogen-bond acceptors (Lipinski definition) is 5. The number of rotatable bonds is 3. The zero-order chi connectivity index (χ0) is 23.2. The van der Waals surface area contributed by atoms with Crippen molar-refractivity contribution in [3.05, 3.63) is 59.9 Å². The van der Waals surface area contributed by atoms with Crippen LogP contribution < -0.4 is 4.90 Å². The van der Waals surface area contributed by atoms with Crippen molar-refractivity contribution in [3.8, 4) is 11.4 Å². The molecule has 0 aliphatic carbocycles. The Hall–Kier alpha value is -3.76. The molecular formula is C22H17F4N5O2. The van der Waals surface area contributed by atoms with Crippen molar-refractivity contribution in [3.63, 3.8) is 0 Å². The number of alkyl halides is 3. The monoisotopic (exact) mass is 459 g/mol. The van der Waals surface area contributed by atoms with Crippen molar-refractivity contribution in [1.29, 1.82) is 0 Å². The Morgan fingerprint density at radius 3 is 2.67 bits per heavy atom. The van der Waals surface area contributed by atoms with Gasteiger partial charge in [0.1, 0.15) is 5.82 Å². The third kappa shape index (κ3) is 3.94. The smallest absolute Gasteiger partial charge is 0.339 e. The molecule has 0 spiro atoms. The molecule has 2 aromatic carbocycles. The predicted octanol–water partition coefficient (Wildman–Crippen LogP) is 5.07. The molecule has 1 aliphatic rings. The zero-order valence-electron chi connectivity index (χ0n) is 17.1. The van der Waals surface area contributed by atoms with E-state index >= 15 is 0 Å². The lowest BCUT2D eigenvalue weighted by Gasteiger charge is -2.21. The van der Waals surface area contributed by atoms with Gasteiger partial charge in [0.05, 0.1) is 22.7 Å². The van der Waals surface area contributed by atoms with Gasteiger partial charge in [-0.3, -0.25) is 9.89 Å². The van der Waals surface area contributed by atoms with Crippen molar-refractivity contribution in [2.75, 3.05) is 11.4 Å². The standard InChI is InChI=1S/C22H17F4N5O2/c23-17-8-7-15(19-16(17)11-27-29-19)20-28-21(33-30-20)12-2-1-9-31(18(32)10-12)14-5-3-13(4-6-14)22(24,25)26/h3-8,11-12H,1-2,9-10H2,(H,27,29). The molecule has 1 atom stereocenters. The topological polar surface area (TPSA) is 87.9 Å². The lowest BCUT2D eigenvalue weighted by Crippen LogP contribution is -2.30. The van der Waals surface area contributed by atoms with E-state index in [-0.39, 0.29) is 30.0 Å². The zero-order valence-corrected chi connectivity index (χ0v) is 17.1. The average Bonchev–Trinajstić information content (AvgIpc) is 3.43. The first kappa shape index (κ1) is 21.1. The van der Waals surface area contributed by atoms with E-state index in [0.717, 1.165) is 12.1 Å². The summed E-state index contributed by atoms with van der Waals surface area (Å²) in [7, 11) is 0. The molecular weight excluding hydrogens is 442 g/mol. The van der Waals surface area contributed by atoms with Crippen molar-refractivity contribution in [2.45, 2.75) is 31.4 Å². The van der Waals surface area contributed by atoms with E-state index in [0.29, 0.717) is 41.5 Å². The van der Waals surface area contributed by atoms with Crippen LogP contribution in [0.3, 0.4) is 0 Å². The Labute approximate surface area is 184 Å². The number of nitrogens with zero attached hydrogens (tertiary/aromatic N) is 4. The summed E-state index contributed by atoms with van der Waals surface area (Å²) in [6, 6.07) is 7.35. The van der Waals surface area contributed by atoms with E-state index in [2.05, 4.69) is 20.3 Å². The normalized spacial score (nSPS) is 17.5. The molecule has 0 radical (unpaired) electrons. The van der Waals surface area contributed by atoms with E-state index in [1.54, 1.807) is 0 Å². The third-order valence-electron chi connectivity index (χ3n) is 5.76. The lowest BCUT2D eigenvalue weighted by molar-refractivity contribution is -0.137. The maximum absolute atomic E-state index is 13.9. The van der Waals surface area contributed by atoms with Crippen LogP contribution in [0.2, 0.25) is 0 Å². The highest BCUT2D eigenvalue weighted by Crippen LogP contribution is 2.34. The fourth-order valence-corrected chi connectivity index (χ4v) is 4.06. The highest BCUT2D eigenvalue weighted by atomic mass is 19.4. The summed E-state index contributed by atoms with van der Waals surface area (Å²) in [5.41, 5.74) is 0.600. The van der Waals surface area contributed by atoms with Gasteiger partial charge in [-0.25, -0.2) is 4.39 Å². The number of benzene rings is 2. The van der Waals surface area contributed by atoms with Gasteiger partial charge in [-0.15, -0.1) is 0 Å². The van der Waals surface area contributed by atoms with Gasteiger partial charge in [0.2, 0.25) is 17.6 Å². The highest BCUT2D eigenvalue weighted by molar-refractivity contribution is 5.94. The number of carbonyl (C=O) groups excluding carboxylic acids is 1. The number of halogens is 4. The molecule has 7 nitrogen and oxygen atoms in total. The van der Waals surface area contributed by atoms with Gasteiger partial charge >= 0.3 is 6.18 Å². The molecule has 0 saturated carbocycles. The number of carbonyl (C=O) groups is 1. The third-order valence-corrected chi connectivity index (χ3v) is 5.76. The summed E-state index contributed by atoms with van der Waals surface area (Å²) in [4.78, 5) is 18.8. The fraction of sp³-hybridized carbons (Fsp3) is 0.273. The van der Waals surface area contributed by atoms with Gasteiger partial charge in [-0.1, -0.05) is 5.16 Å². The van der Waals surface area contributed by atoms with Gasteiger partial charge in [0.25, 0.3) is 0 Å². The van der Waals surface area contributed by atoms with Crippen LogP contribution in [-0.2, 0) is 11.0 Å². The molecule has 2 aromatic heterocycles. The minimum absolute atomic E-state index is 0.0749. The number of nitrogens with one attached hydrogen (secondary N) is 1. The number of aromatic nitrogens is 4. The minimum Gasteiger partial charge on any atom is -0.339 e. The van der Waals surface area contributed by atoms with Gasteiger partial charge < -0.3 is 9.42 Å². The van der Waals surface area contributed by atoms with E-state index in [4.69, 9.17) is 4.52 Å². The van der Waals surface area contributed by atoms with E-state index in [9.17, 15) is 22.4 Å². The van der Waals surface area contributed by atoms with E-state index < -0.39 is 17.6 Å². The van der Waals surface area contributed by atoms with E-state index in [1.807, 2.05) is 0 Å². The molecule has 1 fully saturated rings. The Morgan fingerprint density at radius 2 is 1.91 bits per heavy atom. The van der Waals surface area contributed by atoms with Crippen LogP contribution in [0, 0.1) is 5.82 Å². The maximum atomic E-state index is 13.9. The quantitative estimate of drug-likeness (QED) is 0.432. The van der Waals surface area contributed by atoms with Crippen LogP contribution in [0.5, 0.6) is 0 Å². The van der Waals surface area contributed by atoms with Gasteiger partial charge in [-0.2, -0.15) is 23.3 Å². The van der Waals surface area contributed by atoms with Crippen molar-refractivity contribution >= 4 is 22.5 Å². The second-order valence-electron chi connectivity index (χ2n) is 7.84. The van der Waals surface area contributed by atoms with Crippen LogP contribution in [0.15, 0.2) is 47.1 Å². The largest absolute Gasteiger partial charge is 0.416 e. The maximum Gasteiger partial charge on any atom is 0.416 e. The summed E-state index contributed by atoms with van der Waals surface area (Å²) in [6.45, 7) is 0.369. The first-order chi connectivity index (χ1) is 15.8. The second kappa shape index (κ2) is 7.98. The van der Waals surface area contributed by atoms with E-state index in [1.165, 1.54) is 35.4 Å². The summed E-state index contributed by atoms with van der Waals surface area (Å²) in [5.74, 6) is -0.477. The molecule has 1 unspecified atom stereocenters. The number of amides is 1. The molecule has 4 aromatic rings. The Kier molecular flexibility index (Phi) is 5.10. The number of hydrogen-bond donors (Lipinski definition) is 1. The van der Waals surface area contributed by atoms with Gasteiger partial charge in [-0.05, 0) is 49.2 Å². The number of H-pyrrole nitrogens is 1. The number of fused-ring (bicyclic) bond motifs is 1. The van der Waals surface area contributed by atoms with Crippen LogP contribution in [-0.4, -0.2) is 32.8 Å². The summed E-state index contributed by atoms with van der Waals surface area (Å²) < 4.78 is 57.8. The first-order valence-corrected chi connectivity index (χ1v) is 10.2. The molecule has 33 heavy (non-hydrogen) atoms. The van der Waals surface area contributed by atoms with Crippen LogP contribution in [0.1, 0.15) is 36.6 Å². The number of aromatic amines is 1. The molecule has 3 heterocycles. The van der Waals surface area contributed by atoms with Crippen LogP contribution in [0.25, 0.3) is 22.3 Å². The van der Waals surface area contributed by atoms with Gasteiger partial charge in [0, 0.05) is 30.1 Å². The van der Waals surface area contributed by atoms with Crippen molar-refractivity contribution < 1.29 is 26.9 Å². The molecule has 5 rings (SSSR count). The molecule has 11 heteroatoms. The average molecular weight is 459 g/mol. The summed E-state index contributed by atoms with van der Waals surface area (Å²) in [6.07, 6.45) is -1.79.